The fourth-order valence-electron chi connectivity index (χ4n) is 1.29. The highest BCUT2D eigenvalue weighted by Gasteiger charge is 2.19. The minimum absolute atomic E-state index is 0.00883. The number of hydrogen-bond acceptors (Lipinski definition) is 6. The second-order valence-corrected chi connectivity index (χ2v) is 5.76. The molecule has 0 aliphatic carbocycles. The maximum atomic E-state index is 10.7. The highest BCUT2D eigenvalue weighted by Crippen LogP contribution is 2.24. The quantitative estimate of drug-likeness (QED) is 0.771. The molecule has 4 nitrogen and oxygen atoms in total. The summed E-state index contributed by atoms with van der Waals surface area (Å²) in [5, 5.41) is 21.2. The fourth-order valence-corrected chi connectivity index (χ4v) is 2.67. The number of aliphatic hydroxyl groups excluding tert-OH is 2. The first-order chi connectivity index (χ1) is 8.04. The molecule has 2 atom stereocenters. The van der Waals surface area contributed by atoms with E-state index >= 15 is 0 Å². The molecule has 0 saturated carbocycles. The summed E-state index contributed by atoms with van der Waals surface area (Å²) in [4.78, 5) is 21.7. The van der Waals surface area contributed by atoms with Crippen molar-refractivity contribution >= 4 is 34.5 Å². The summed E-state index contributed by atoms with van der Waals surface area (Å²) in [7, 11) is 0. The Morgan fingerprint density at radius 3 is 2.82 bits per heavy atom. The van der Waals surface area contributed by atoms with Gasteiger partial charge in [-0.25, -0.2) is 0 Å². The fraction of sp³-hybridized carbons (Fsp3) is 0.455. The molecule has 0 amide bonds. The molecule has 1 heterocycles. The summed E-state index contributed by atoms with van der Waals surface area (Å²) in [5.41, 5.74) is 0.539. The number of thioether (sulfide) groups is 1. The van der Waals surface area contributed by atoms with Crippen molar-refractivity contribution in [2.75, 3.05) is 5.75 Å². The Hall–Kier alpha value is -0.690. The van der Waals surface area contributed by atoms with E-state index < -0.39 is 12.2 Å². The predicted octanol–water partition coefficient (Wildman–Crippen LogP) is 1.62. The second kappa shape index (κ2) is 6.90. The van der Waals surface area contributed by atoms with E-state index in [1.54, 1.807) is 11.4 Å². The molecule has 1 aromatic heterocycles. The lowest BCUT2D eigenvalue weighted by Gasteiger charge is -2.16. The molecule has 0 spiro atoms. The SMILES string of the molecule is CC(=O)SCCC(O)C(O)c1csc(C=O)c1. The van der Waals surface area contributed by atoms with Crippen LogP contribution in [0.1, 0.15) is 34.7 Å². The van der Waals surface area contributed by atoms with Gasteiger partial charge in [-0.15, -0.1) is 11.3 Å². The molecule has 1 rings (SSSR count). The normalized spacial score (nSPS) is 14.3. The Morgan fingerprint density at radius 1 is 1.59 bits per heavy atom. The Balaban J connectivity index is 2.48. The average molecular weight is 274 g/mol. The van der Waals surface area contributed by atoms with Crippen LogP contribution in [0.2, 0.25) is 0 Å². The van der Waals surface area contributed by atoms with Gasteiger partial charge >= 0.3 is 0 Å². The van der Waals surface area contributed by atoms with Gasteiger partial charge in [0.2, 0.25) is 0 Å². The maximum Gasteiger partial charge on any atom is 0.185 e. The number of carbonyl (C=O) groups excluding carboxylic acids is 2. The van der Waals surface area contributed by atoms with Crippen molar-refractivity contribution in [2.24, 2.45) is 0 Å². The number of aldehydes is 1. The van der Waals surface area contributed by atoms with Crippen LogP contribution in [0.15, 0.2) is 11.4 Å². The Labute approximate surface area is 108 Å². The van der Waals surface area contributed by atoms with Crippen molar-refractivity contribution in [2.45, 2.75) is 25.6 Å². The monoisotopic (exact) mass is 274 g/mol. The Morgan fingerprint density at radius 2 is 2.29 bits per heavy atom. The smallest absolute Gasteiger partial charge is 0.185 e. The maximum absolute atomic E-state index is 10.7. The van der Waals surface area contributed by atoms with Gasteiger partial charge in [-0.2, -0.15) is 0 Å². The first kappa shape index (κ1) is 14.4. The molecular weight excluding hydrogens is 260 g/mol. The third-order valence-electron chi connectivity index (χ3n) is 2.18. The highest BCUT2D eigenvalue weighted by atomic mass is 32.2. The van der Waals surface area contributed by atoms with Crippen LogP contribution in [-0.4, -0.2) is 33.5 Å². The van der Waals surface area contributed by atoms with Crippen molar-refractivity contribution in [3.05, 3.63) is 21.9 Å². The number of thiophene rings is 1. The van der Waals surface area contributed by atoms with Crippen LogP contribution in [0, 0.1) is 0 Å². The zero-order valence-electron chi connectivity index (χ0n) is 9.33. The number of rotatable bonds is 6. The van der Waals surface area contributed by atoms with Gasteiger partial charge < -0.3 is 10.2 Å². The van der Waals surface area contributed by atoms with Crippen LogP contribution < -0.4 is 0 Å². The summed E-state index contributed by atoms with van der Waals surface area (Å²) >= 11 is 2.34. The molecule has 0 aliphatic heterocycles. The van der Waals surface area contributed by atoms with Crippen molar-refractivity contribution in [1.29, 1.82) is 0 Å². The summed E-state index contributed by atoms with van der Waals surface area (Å²) in [5.74, 6) is 0.470. The van der Waals surface area contributed by atoms with Gasteiger partial charge in [0.05, 0.1) is 11.0 Å². The van der Waals surface area contributed by atoms with Crippen LogP contribution in [0.4, 0.5) is 0 Å². The molecule has 2 N–H and O–H groups in total. The Kier molecular flexibility index (Phi) is 5.84. The third kappa shape index (κ3) is 4.59. The lowest BCUT2D eigenvalue weighted by atomic mass is 10.1. The first-order valence-corrected chi connectivity index (χ1v) is 6.94. The van der Waals surface area contributed by atoms with Gasteiger partial charge in [0.1, 0.15) is 6.10 Å². The van der Waals surface area contributed by atoms with Crippen LogP contribution in [-0.2, 0) is 4.79 Å². The van der Waals surface area contributed by atoms with E-state index in [1.807, 2.05) is 0 Å². The number of hydrogen-bond donors (Lipinski definition) is 2. The molecule has 94 valence electrons. The van der Waals surface area contributed by atoms with Crippen LogP contribution in [0.3, 0.4) is 0 Å². The highest BCUT2D eigenvalue weighted by molar-refractivity contribution is 8.13. The van der Waals surface area contributed by atoms with Gasteiger partial charge in [0.25, 0.3) is 0 Å². The second-order valence-electron chi connectivity index (χ2n) is 3.54. The zero-order chi connectivity index (χ0) is 12.8. The molecular formula is C11H14O4S2. The standard InChI is InChI=1S/C11H14O4S2/c1-7(13)16-3-2-10(14)11(15)8-4-9(5-12)17-6-8/h4-6,10-11,14-15H,2-3H2,1H3. The lowest BCUT2D eigenvalue weighted by molar-refractivity contribution is -0.109. The van der Waals surface area contributed by atoms with E-state index in [4.69, 9.17) is 0 Å². The largest absolute Gasteiger partial charge is 0.390 e. The molecule has 0 saturated heterocycles. The minimum atomic E-state index is -1.01. The number of aliphatic hydroxyl groups is 2. The number of carbonyl (C=O) groups is 2. The molecule has 2 unspecified atom stereocenters. The third-order valence-corrected chi connectivity index (χ3v) is 3.90. The van der Waals surface area contributed by atoms with Gasteiger partial charge in [0.15, 0.2) is 11.4 Å². The summed E-state index contributed by atoms with van der Waals surface area (Å²) in [6, 6.07) is 1.56. The summed E-state index contributed by atoms with van der Waals surface area (Å²) in [6.45, 7) is 1.46. The molecule has 17 heavy (non-hydrogen) atoms. The molecule has 0 fully saturated rings. The summed E-state index contributed by atoms with van der Waals surface area (Å²) in [6.07, 6.45) is -0.889. The van der Waals surface area contributed by atoms with E-state index in [0.717, 1.165) is 11.8 Å². The molecule has 6 heteroatoms. The summed E-state index contributed by atoms with van der Waals surface area (Å²) < 4.78 is 0. The minimum Gasteiger partial charge on any atom is -0.390 e. The zero-order valence-corrected chi connectivity index (χ0v) is 11.0. The topological polar surface area (TPSA) is 74.6 Å². The van der Waals surface area contributed by atoms with E-state index in [0.29, 0.717) is 28.9 Å². The van der Waals surface area contributed by atoms with Crippen molar-refractivity contribution in [3.8, 4) is 0 Å². The van der Waals surface area contributed by atoms with Crippen molar-refractivity contribution in [1.82, 2.24) is 0 Å². The molecule has 0 aliphatic rings. The molecule has 0 bridgehead atoms. The van der Waals surface area contributed by atoms with Crippen molar-refractivity contribution in [3.63, 3.8) is 0 Å². The molecule has 0 aromatic carbocycles. The Bertz CT molecular complexity index is 389. The van der Waals surface area contributed by atoms with E-state index in [1.165, 1.54) is 18.3 Å². The van der Waals surface area contributed by atoms with E-state index in [9.17, 15) is 19.8 Å². The van der Waals surface area contributed by atoms with Crippen LogP contribution >= 0.6 is 23.1 Å². The van der Waals surface area contributed by atoms with Gasteiger partial charge in [-0.3, -0.25) is 9.59 Å². The van der Waals surface area contributed by atoms with Gasteiger partial charge in [-0.1, -0.05) is 11.8 Å². The average Bonchev–Trinajstić information content (AvgIpc) is 2.75. The van der Waals surface area contributed by atoms with Crippen LogP contribution in [0.25, 0.3) is 0 Å². The molecule has 1 aromatic rings. The molecule has 0 radical (unpaired) electrons. The lowest BCUT2D eigenvalue weighted by Crippen LogP contribution is -2.18. The first-order valence-electron chi connectivity index (χ1n) is 5.07. The van der Waals surface area contributed by atoms with E-state index in [2.05, 4.69) is 0 Å². The van der Waals surface area contributed by atoms with Gasteiger partial charge in [-0.05, 0) is 23.4 Å². The van der Waals surface area contributed by atoms with Gasteiger partial charge in [0, 0.05) is 12.7 Å². The van der Waals surface area contributed by atoms with Crippen molar-refractivity contribution < 1.29 is 19.8 Å². The predicted molar refractivity (Wildman–Crippen MR) is 68.4 cm³/mol. The van der Waals surface area contributed by atoms with Crippen LogP contribution in [0.5, 0.6) is 0 Å². The van der Waals surface area contributed by atoms with E-state index in [-0.39, 0.29) is 5.12 Å².